The van der Waals surface area contributed by atoms with E-state index >= 15 is 0 Å². The minimum atomic E-state index is 0.584. The predicted molar refractivity (Wildman–Crippen MR) is 65.2 cm³/mol. The summed E-state index contributed by atoms with van der Waals surface area (Å²) in [4.78, 5) is 9.09. The lowest BCUT2D eigenvalue weighted by Crippen LogP contribution is -2.16. The minimum absolute atomic E-state index is 0.584. The highest BCUT2D eigenvalue weighted by Gasteiger charge is 2.22. The molecule has 2 rings (SSSR count). The number of nitrogens with one attached hydrogen (secondary N) is 1. The van der Waals surface area contributed by atoms with Crippen molar-refractivity contribution in [3.8, 4) is 0 Å². The number of rotatable bonds is 3. The van der Waals surface area contributed by atoms with Gasteiger partial charge >= 0.3 is 0 Å². The van der Waals surface area contributed by atoms with E-state index in [2.05, 4.69) is 22.2 Å². The van der Waals surface area contributed by atoms with Crippen molar-refractivity contribution >= 4 is 0 Å². The zero-order chi connectivity index (χ0) is 11.4. The van der Waals surface area contributed by atoms with Crippen molar-refractivity contribution in [2.45, 2.75) is 45.1 Å². The van der Waals surface area contributed by atoms with E-state index in [1.165, 1.54) is 25.7 Å². The van der Waals surface area contributed by atoms with Gasteiger partial charge in [0, 0.05) is 18.7 Å². The molecule has 2 unspecified atom stereocenters. The van der Waals surface area contributed by atoms with Gasteiger partial charge < -0.3 is 5.32 Å². The Balaban J connectivity index is 2.09. The van der Waals surface area contributed by atoms with Crippen molar-refractivity contribution in [2.75, 3.05) is 7.05 Å². The number of hydrogen-bond donors (Lipinski definition) is 1. The number of aromatic nitrogens is 2. The second-order valence-electron chi connectivity index (χ2n) is 4.91. The third-order valence-corrected chi connectivity index (χ3v) is 3.39. The van der Waals surface area contributed by atoms with Gasteiger partial charge in [-0.2, -0.15) is 0 Å². The Morgan fingerprint density at radius 3 is 3.06 bits per heavy atom. The van der Waals surface area contributed by atoms with Crippen LogP contribution in [0.3, 0.4) is 0 Å². The summed E-state index contributed by atoms with van der Waals surface area (Å²) in [6.07, 6.45) is 7.10. The first kappa shape index (κ1) is 11.5. The second-order valence-corrected chi connectivity index (χ2v) is 4.91. The van der Waals surface area contributed by atoms with Crippen LogP contribution >= 0.6 is 0 Å². The molecule has 1 aromatic heterocycles. The minimum Gasteiger partial charge on any atom is -0.314 e. The molecule has 0 radical (unpaired) electrons. The molecule has 0 amide bonds. The summed E-state index contributed by atoms with van der Waals surface area (Å²) in [7, 11) is 1.95. The molecule has 1 aromatic rings. The normalized spacial score (nSPS) is 25.6. The van der Waals surface area contributed by atoms with Gasteiger partial charge in [-0.25, -0.2) is 9.97 Å². The van der Waals surface area contributed by atoms with Crippen LogP contribution in [0.25, 0.3) is 0 Å². The predicted octanol–water partition coefficient (Wildman–Crippen LogP) is 2.49. The summed E-state index contributed by atoms with van der Waals surface area (Å²) in [5, 5.41) is 3.13. The first-order chi connectivity index (χ1) is 7.79. The maximum atomic E-state index is 4.65. The Kier molecular flexibility index (Phi) is 3.88. The first-order valence-corrected chi connectivity index (χ1v) is 6.26. The van der Waals surface area contributed by atoms with Crippen LogP contribution < -0.4 is 5.32 Å². The SMILES string of the molecule is CNCc1ccnc(C2CCCC(C)C2)n1. The zero-order valence-corrected chi connectivity index (χ0v) is 10.2. The van der Waals surface area contributed by atoms with Crippen molar-refractivity contribution in [3.63, 3.8) is 0 Å². The van der Waals surface area contributed by atoms with Crippen LogP contribution in [-0.4, -0.2) is 17.0 Å². The molecule has 16 heavy (non-hydrogen) atoms. The van der Waals surface area contributed by atoms with E-state index < -0.39 is 0 Å². The Labute approximate surface area is 97.7 Å². The summed E-state index contributed by atoms with van der Waals surface area (Å²) >= 11 is 0. The number of hydrogen-bond acceptors (Lipinski definition) is 3. The summed E-state index contributed by atoms with van der Waals surface area (Å²) in [6, 6.07) is 1.99. The molecule has 1 aliphatic carbocycles. The van der Waals surface area contributed by atoms with Gasteiger partial charge in [0.05, 0.1) is 5.69 Å². The second kappa shape index (κ2) is 5.39. The fourth-order valence-corrected chi connectivity index (χ4v) is 2.56. The standard InChI is InChI=1S/C13H21N3/c1-10-4-3-5-11(8-10)13-15-7-6-12(16-13)9-14-2/h6-7,10-11,14H,3-5,8-9H2,1-2H3. The van der Waals surface area contributed by atoms with Gasteiger partial charge in [0.2, 0.25) is 0 Å². The van der Waals surface area contributed by atoms with Crippen LogP contribution in [0.15, 0.2) is 12.3 Å². The molecule has 3 nitrogen and oxygen atoms in total. The van der Waals surface area contributed by atoms with Crippen molar-refractivity contribution in [1.29, 1.82) is 0 Å². The third-order valence-electron chi connectivity index (χ3n) is 3.39. The average Bonchev–Trinajstić information content (AvgIpc) is 2.30. The Morgan fingerprint density at radius 2 is 2.31 bits per heavy atom. The maximum Gasteiger partial charge on any atom is 0.131 e. The van der Waals surface area contributed by atoms with Gasteiger partial charge in [-0.3, -0.25) is 0 Å². The van der Waals surface area contributed by atoms with E-state index in [9.17, 15) is 0 Å². The maximum absolute atomic E-state index is 4.65. The smallest absolute Gasteiger partial charge is 0.131 e. The van der Waals surface area contributed by atoms with Crippen LogP contribution in [0.2, 0.25) is 0 Å². The molecule has 0 spiro atoms. The lowest BCUT2D eigenvalue weighted by molar-refractivity contribution is 0.334. The van der Waals surface area contributed by atoms with Gasteiger partial charge in [0.25, 0.3) is 0 Å². The van der Waals surface area contributed by atoms with Gasteiger partial charge in [-0.15, -0.1) is 0 Å². The Bertz CT molecular complexity index is 338. The largest absolute Gasteiger partial charge is 0.314 e. The highest BCUT2D eigenvalue weighted by atomic mass is 14.9. The molecule has 0 bridgehead atoms. The molecule has 1 N–H and O–H groups in total. The van der Waals surface area contributed by atoms with E-state index in [4.69, 9.17) is 0 Å². The summed E-state index contributed by atoms with van der Waals surface area (Å²) < 4.78 is 0. The van der Waals surface area contributed by atoms with Gasteiger partial charge in [-0.1, -0.05) is 19.8 Å². The third kappa shape index (κ3) is 2.79. The molecule has 3 heteroatoms. The molecule has 1 saturated carbocycles. The lowest BCUT2D eigenvalue weighted by Gasteiger charge is -2.25. The summed E-state index contributed by atoms with van der Waals surface area (Å²) in [5.74, 6) is 2.47. The molecule has 88 valence electrons. The van der Waals surface area contributed by atoms with E-state index in [0.717, 1.165) is 24.0 Å². The highest BCUT2D eigenvalue weighted by molar-refractivity contribution is 5.06. The molecule has 0 aliphatic heterocycles. The van der Waals surface area contributed by atoms with Crippen LogP contribution in [0, 0.1) is 5.92 Å². The fourth-order valence-electron chi connectivity index (χ4n) is 2.56. The van der Waals surface area contributed by atoms with Crippen molar-refractivity contribution in [1.82, 2.24) is 15.3 Å². The lowest BCUT2D eigenvalue weighted by atomic mass is 9.82. The molecule has 1 heterocycles. The van der Waals surface area contributed by atoms with Gasteiger partial charge in [-0.05, 0) is 31.9 Å². The molecule has 2 atom stereocenters. The summed E-state index contributed by atoms with van der Waals surface area (Å²) in [6.45, 7) is 3.17. The molecule has 1 aliphatic rings. The number of nitrogens with zero attached hydrogens (tertiary/aromatic N) is 2. The van der Waals surface area contributed by atoms with Crippen LogP contribution in [0.1, 0.15) is 50.0 Å². The van der Waals surface area contributed by atoms with E-state index in [1.807, 2.05) is 19.3 Å². The molecule has 0 aromatic carbocycles. The van der Waals surface area contributed by atoms with E-state index in [-0.39, 0.29) is 0 Å². The Morgan fingerprint density at radius 1 is 1.44 bits per heavy atom. The Hall–Kier alpha value is -0.960. The van der Waals surface area contributed by atoms with Crippen molar-refractivity contribution in [2.24, 2.45) is 5.92 Å². The van der Waals surface area contributed by atoms with Crippen LogP contribution in [-0.2, 0) is 6.54 Å². The average molecular weight is 219 g/mol. The van der Waals surface area contributed by atoms with E-state index in [0.29, 0.717) is 5.92 Å². The van der Waals surface area contributed by atoms with Gasteiger partial charge in [0.1, 0.15) is 5.82 Å². The zero-order valence-electron chi connectivity index (χ0n) is 10.2. The van der Waals surface area contributed by atoms with Gasteiger partial charge in [0.15, 0.2) is 0 Å². The van der Waals surface area contributed by atoms with E-state index in [1.54, 1.807) is 0 Å². The van der Waals surface area contributed by atoms with Crippen LogP contribution in [0.5, 0.6) is 0 Å². The molecule has 0 saturated heterocycles. The van der Waals surface area contributed by atoms with Crippen molar-refractivity contribution in [3.05, 3.63) is 23.8 Å². The molecule has 1 fully saturated rings. The monoisotopic (exact) mass is 219 g/mol. The fraction of sp³-hybridized carbons (Fsp3) is 0.692. The summed E-state index contributed by atoms with van der Waals surface area (Å²) in [5.41, 5.74) is 1.10. The first-order valence-electron chi connectivity index (χ1n) is 6.26. The topological polar surface area (TPSA) is 37.8 Å². The quantitative estimate of drug-likeness (QED) is 0.848. The molecular formula is C13H21N3. The van der Waals surface area contributed by atoms with Crippen molar-refractivity contribution < 1.29 is 0 Å². The highest BCUT2D eigenvalue weighted by Crippen LogP contribution is 2.34. The van der Waals surface area contributed by atoms with Crippen LogP contribution in [0.4, 0.5) is 0 Å². The molecular weight excluding hydrogens is 198 g/mol.